The minimum absolute atomic E-state index is 0.00811. The summed E-state index contributed by atoms with van der Waals surface area (Å²) >= 11 is 0. The number of nitrogens with one attached hydrogen (secondary N) is 1. The monoisotopic (exact) mass is 324 g/mol. The summed E-state index contributed by atoms with van der Waals surface area (Å²) < 4.78 is 22.3. The van der Waals surface area contributed by atoms with Gasteiger partial charge < -0.3 is 11.1 Å². The van der Waals surface area contributed by atoms with E-state index in [0.29, 0.717) is 12.8 Å². The molecule has 0 aliphatic heterocycles. The van der Waals surface area contributed by atoms with Gasteiger partial charge in [0.1, 0.15) is 9.84 Å². The largest absolute Gasteiger partial charge is 0.327 e. The standard InChI is InChI=1S/C16H24N2O3S/c1-22(20,21)10-9-12-5-7-14(8-6-12)18-16(19)11-13-3-2-4-15(13)17/h5-8,13,15H,2-4,9-11,17H2,1H3,(H,18,19)/t13-,15+/m0/s1. The Hall–Kier alpha value is -1.40. The van der Waals surface area contributed by atoms with Crippen molar-refractivity contribution in [3.63, 3.8) is 0 Å². The van der Waals surface area contributed by atoms with Gasteiger partial charge in [-0.05, 0) is 42.9 Å². The van der Waals surface area contributed by atoms with E-state index >= 15 is 0 Å². The average molecular weight is 324 g/mol. The molecule has 1 aliphatic carbocycles. The van der Waals surface area contributed by atoms with Crippen LogP contribution >= 0.6 is 0 Å². The lowest BCUT2D eigenvalue weighted by atomic mass is 10.00. The molecule has 1 fully saturated rings. The predicted molar refractivity (Wildman–Crippen MR) is 88.4 cm³/mol. The molecule has 3 N–H and O–H groups in total. The van der Waals surface area contributed by atoms with E-state index in [0.717, 1.165) is 30.5 Å². The molecule has 6 heteroatoms. The highest BCUT2D eigenvalue weighted by Crippen LogP contribution is 2.27. The third-order valence-electron chi connectivity index (χ3n) is 4.16. The first-order valence-electron chi connectivity index (χ1n) is 7.65. The maximum atomic E-state index is 12.0. The first-order valence-corrected chi connectivity index (χ1v) is 9.71. The fraction of sp³-hybridized carbons (Fsp3) is 0.562. The van der Waals surface area contributed by atoms with Crippen LogP contribution in [0.15, 0.2) is 24.3 Å². The molecule has 1 aromatic rings. The van der Waals surface area contributed by atoms with Gasteiger partial charge in [0.25, 0.3) is 0 Å². The molecule has 2 rings (SSSR count). The number of carbonyl (C=O) groups is 1. The average Bonchev–Trinajstić information content (AvgIpc) is 2.82. The van der Waals surface area contributed by atoms with Crippen LogP contribution in [0.25, 0.3) is 0 Å². The van der Waals surface area contributed by atoms with Gasteiger partial charge in [-0.2, -0.15) is 0 Å². The smallest absolute Gasteiger partial charge is 0.224 e. The second-order valence-electron chi connectivity index (χ2n) is 6.18. The molecule has 1 amide bonds. The fourth-order valence-electron chi connectivity index (χ4n) is 2.83. The van der Waals surface area contributed by atoms with Gasteiger partial charge >= 0.3 is 0 Å². The van der Waals surface area contributed by atoms with E-state index in [1.54, 1.807) is 0 Å². The molecule has 22 heavy (non-hydrogen) atoms. The Morgan fingerprint density at radius 3 is 2.50 bits per heavy atom. The zero-order chi connectivity index (χ0) is 16.2. The van der Waals surface area contributed by atoms with E-state index in [2.05, 4.69) is 5.32 Å². The van der Waals surface area contributed by atoms with Crippen molar-refractivity contribution in [2.24, 2.45) is 11.7 Å². The molecule has 0 radical (unpaired) electrons. The van der Waals surface area contributed by atoms with E-state index in [4.69, 9.17) is 5.73 Å². The number of amides is 1. The van der Waals surface area contributed by atoms with E-state index in [9.17, 15) is 13.2 Å². The molecular formula is C16H24N2O3S. The Morgan fingerprint density at radius 1 is 1.27 bits per heavy atom. The van der Waals surface area contributed by atoms with Crippen LogP contribution in [0.1, 0.15) is 31.2 Å². The van der Waals surface area contributed by atoms with E-state index in [1.807, 2.05) is 24.3 Å². The molecular weight excluding hydrogens is 300 g/mol. The number of hydrogen-bond acceptors (Lipinski definition) is 4. The Morgan fingerprint density at radius 2 is 1.95 bits per heavy atom. The van der Waals surface area contributed by atoms with Crippen LogP contribution < -0.4 is 11.1 Å². The topological polar surface area (TPSA) is 89.3 Å². The van der Waals surface area contributed by atoms with Crippen molar-refractivity contribution in [2.45, 2.75) is 38.1 Å². The molecule has 5 nitrogen and oxygen atoms in total. The summed E-state index contributed by atoms with van der Waals surface area (Å²) in [7, 11) is -2.95. The Kier molecular flexibility index (Phi) is 5.58. The summed E-state index contributed by atoms with van der Waals surface area (Å²) in [4.78, 5) is 12.0. The highest BCUT2D eigenvalue weighted by Gasteiger charge is 2.25. The van der Waals surface area contributed by atoms with Crippen molar-refractivity contribution >= 4 is 21.4 Å². The molecule has 0 bridgehead atoms. The predicted octanol–water partition coefficient (Wildman–Crippen LogP) is 1.73. The number of hydrogen-bond donors (Lipinski definition) is 2. The van der Waals surface area contributed by atoms with Gasteiger partial charge in [-0.1, -0.05) is 18.6 Å². The van der Waals surface area contributed by atoms with Crippen molar-refractivity contribution in [1.82, 2.24) is 0 Å². The minimum atomic E-state index is -2.95. The van der Waals surface area contributed by atoms with Crippen LogP contribution in [0.2, 0.25) is 0 Å². The molecule has 1 saturated carbocycles. The van der Waals surface area contributed by atoms with Crippen LogP contribution in [0.4, 0.5) is 5.69 Å². The van der Waals surface area contributed by atoms with Crippen LogP contribution in [0, 0.1) is 5.92 Å². The van der Waals surface area contributed by atoms with Gasteiger partial charge in [0.2, 0.25) is 5.91 Å². The van der Waals surface area contributed by atoms with Crippen molar-refractivity contribution in [2.75, 3.05) is 17.3 Å². The lowest BCUT2D eigenvalue weighted by molar-refractivity contribution is -0.117. The number of anilines is 1. The van der Waals surface area contributed by atoms with Gasteiger partial charge in [-0.25, -0.2) is 8.42 Å². The fourth-order valence-corrected chi connectivity index (χ4v) is 3.43. The van der Waals surface area contributed by atoms with Gasteiger partial charge in [0.05, 0.1) is 5.75 Å². The summed E-state index contributed by atoms with van der Waals surface area (Å²) in [5, 5.41) is 2.88. The van der Waals surface area contributed by atoms with Crippen molar-refractivity contribution in [1.29, 1.82) is 0 Å². The summed E-state index contributed by atoms with van der Waals surface area (Å²) in [5.74, 6) is 0.415. The highest BCUT2D eigenvalue weighted by atomic mass is 32.2. The molecule has 0 aromatic heterocycles. The summed E-state index contributed by atoms with van der Waals surface area (Å²) in [6, 6.07) is 7.46. The zero-order valence-electron chi connectivity index (χ0n) is 12.9. The third-order valence-corrected chi connectivity index (χ3v) is 5.11. The lowest BCUT2D eigenvalue weighted by Gasteiger charge is -2.14. The normalized spacial score (nSPS) is 21.7. The van der Waals surface area contributed by atoms with Crippen LogP contribution in [0.5, 0.6) is 0 Å². The number of sulfone groups is 1. The quantitative estimate of drug-likeness (QED) is 0.834. The van der Waals surface area contributed by atoms with E-state index in [-0.39, 0.29) is 23.6 Å². The van der Waals surface area contributed by atoms with Gasteiger partial charge in [0, 0.05) is 24.4 Å². The SMILES string of the molecule is CS(=O)(=O)CCc1ccc(NC(=O)C[C@@H]2CCC[C@H]2N)cc1. The van der Waals surface area contributed by atoms with E-state index < -0.39 is 9.84 Å². The Bertz CT molecular complexity index is 611. The van der Waals surface area contributed by atoms with Gasteiger partial charge in [-0.15, -0.1) is 0 Å². The molecule has 122 valence electrons. The minimum Gasteiger partial charge on any atom is -0.327 e. The Balaban J connectivity index is 1.84. The molecule has 0 heterocycles. The van der Waals surface area contributed by atoms with Crippen molar-refractivity contribution in [3.05, 3.63) is 29.8 Å². The number of nitrogens with two attached hydrogens (primary N) is 1. The van der Waals surface area contributed by atoms with Crippen molar-refractivity contribution < 1.29 is 13.2 Å². The van der Waals surface area contributed by atoms with Gasteiger partial charge in [-0.3, -0.25) is 4.79 Å². The van der Waals surface area contributed by atoms with Crippen LogP contribution in [0.3, 0.4) is 0 Å². The number of carbonyl (C=O) groups excluding carboxylic acids is 1. The summed E-state index contributed by atoms with van der Waals surface area (Å²) in [6.07, 6.45) is 5.33. The van der Waals surface area contributed by atoms with Gasteiger partial charge in [0.15, 0.2) is 0 Å². The maximum absolute atomic E-state index is 12.0. The molecule has 2 atom stereocenters. The molecule has 0 saturated heterocycles. The molecule has 1 aromatic carbocycles. The van der Waals surface area contributed by atoms with E-state index in [1.165, 1.54) is 6.26 Å². The first-order chi connectivity index (χ1) is 10.3. The lowest BCUT2D eigenvalue weighted by Crippen LogP contribution is -2.28. The number of rotatable bonds is 6. The van der Waals surface area contributed by atoms with Crippen LogP contribution in [-0.2, 0) is 21.1 Å². The first kappa shape index (κ1) is 17.0. The molecule has 0 unspecified atom stereocenters. The molecule has 0 spiro atoms. The molecule has 1 aliphatic rings. The second-order valence-corrected chi connectivity index (χ2v) is 8.44. The Labute approximate surface area is 132 Å². The van der Waals surface area contributed by atoms with Crippen molar-refractivity contribution in [3.8, 4) is 0 Å². The summed E-state index contributed by atoms with van der Waals surface area (Å²) in [6.45, 7) is 0. The van der Waals surface area contributed by atoms with Crippen LogP contribution in [-0.4, -0.2) is 32.4 Å². The second kappa shape index (κ2) is 7.24. The maximum Gasteiger partial charge on any atom is 0.224 e. The number of aryl methyl sites for hydroxylation is 1. The zero-order valence-corrected chi connectivity index (χ0v) is 13.7. The summed E-state index contributed by atoms with van der Waals surface area (Å²) in [5.41, 5.74) is 7.66. The number of benzene rings is 1. The highest BCUT2D eigenvalue weighted by molar-refractivity contribution is 7.90. The third kappa shape index (κ3) is 5.42.